The molecule has 0 aliphatic rings. The molecule has 2 N–H and O–H groups in total. The van der Waals surface area contributed by atoms with Gasteiger partial charge in [0.1, 0.15) is 5.01 Å². The number of aryl methyl sites for hydroxylation is 1. The Hall–Kier alpha value is -1.95. The highest BCUT2D eigenvalue weighted by molar-refractivity contribution is 7.11. The summed E-state index contributed by atoms with van der Waals surface area (Å²) < 4.78 is 0. The number of H-pyrrole nitrogens is 1. The molecule has 1 unspecified atom stereocenters. The molecular formula is C13H15N3O2S. The summed E-state index contributed by atoms with van der Waals surface area (Å²) >= 11 is 1.59. The second-order valence-electron chi connectivity index (χ2n) is 4.16. The first kappa shape index (κ1) is 13.5. The highest BCUT2D eigenvalue weighted by Crippen LogP contribution is 2.20. The van der Waals surface area contributed by atoms with Crippen molar-refractivity contribution in [2.75, 3.05) is 0 Å². The Balaban J connectivity index is 2.08. The predicted molar refractivity (Wildman–Crippen MR) is 74.4 cm³/mol. The van der Waals surface area contributed by atoms with Gasteiger partial charge in [-0.2, -0.15) is 0 Å². The Morgan fingerprint density at radius 1 is 1.58 bits per heavy atom. The van der Waals surface area contributed by atoms with Crippen LogP contribution in [0.15, 0.2) is 29.3 Å². The summed E-state index contributed by atoms with van der Waals surface area (Å²) in [5.74, 6) is -0.271. The number of nitrogens with one attached hydrogen (secondary N) is 2. The minimum absolute atomic E-state index is 0.169. The summed E-state index contributed by atoms with van der Waals surface area (Å²) in [5, 5.41) is 3.70. The van der Waals surface area contributed by atoms with Crippen molar-refractivity contribution in [1.29, 1.82) is 0 Å². The van der Waals surface area contributed by atoms with E-state index in [1.54, 1.807) is 17.4 Å². The van der Waals surface area contributed by atoms with Crippen LogP contribution in [0.1, 0.15) is 40.1 Å². The van der Waals surface area contributed by atoms with Gasteiger partial charge in [-0.3, -0.25) is 9.59 Å². The van der Waals surface area contributed by atoms with E-state index in [4.69, 9.17) is 0 Å². The van der Waals surface area contributed by atoms with Crippen molar-refractivity contribution in [2.45, 2.75) is 26.3 Å². The molecule has 1 atom stereocenters. The lowest BCUT2D eigenvalue weighted by Gasteiger charge is -2.10. The molecule has 0 fully saturated rings. The lowest BCUT2D eigenvalue weighted by molar-refractivity contribution is 0.0939. The van der Waals surface area contributed by atoms with Gasteiger partial charge in [0.2, 0.25) is 5.56 Å². The molecule has 100 valence electrons. The first-order chi connectivity index (χ1) is 9.10. The highest BCUT2D eigenvalue weighted by Gasteiger charge is 2.14. The first-order valence-electron chi connectivity index (χ1n) is 6.04. The number of aromatic nitrogens is 2. The summed E-state index contributed by atoms with van der Waals surface area (Å²) in [4.78, 5) is 31.1. The van der Waals surface area contributed by atoms with Crippen molar-refractivity contribution < 1.29 is 4.79 Å². The molecule has 2 heterocycles. The molecule has 0 aromatic carbocycles. The van der Waals surface area contributed by atoms with Gasteiger partial charge < -0.3 is 10.3 Å². The first-order valence-corrected chi connectivity index (χ1v) is 6.86. The Bertz CT molecular complexity index is 633. The van der Waals surface area contributed by atoms with Crippen molar-refractivity contribution in [3.05, 3.63) is 50.3 Å². The Morgan fingerprint density at radius 3 is 3.00 bits per heavy atom. The molecule has 0 aliphatic carbocycles. The zero-order valence-corrected chi connectivity index (χ0v) is 11.6. The Morgan fingerprint density at radius 2 is 2.37 bits per heavy atom. The second-order valence-corrected chi connectivity index (χ2v) is 5.30. The van der Waals surface area contributed by atoms with Gasteiger partial charge in [0.15, 0.2) is 0 Å². The quantitative estimate of drug-likeness (QED) is 0.896. The lowest BCUT2D eigenvalue weighted by Crippen LogP contribution is -2.27. The smallest absolute Gasteiger partial charge is 0.252 e. The van der Waals surface area contributed by atoms with E-state index in [2.05, 4.69) is 22.2 Å². The minimum atomic E-state index is -0.289. The van der Waals surface area contributed by atoms with Crippen LogP contribution >= 0.6 is 11.3 Å². The second kappa shape index (κ2) is 5.79. The van der Waals surface area contributed by atoms with Gasteiger partial charge in [-0.1, -0.05) is 6.92 Å². The van der Waals surface area contributed by atoms with Crippen molar-refractivity contribution in [2.24, 2.45) is 0 Å². The molecule has 0 bridgehead atoms. The predicted octanol–water partition coefficient (Wildman–Crippen LogP) is 1.88. The fourth-order valence-electron chi connectivity index (χ4n) is 1.61. The number of pyridine rings is 1. The van der Waals surface area contributed by atoms with Crippen LogP contribution in [0.3, 0.4) is 0 Å². The topological polar surface area (TPSA) is 74.8 Å². The maximum absolute atomic E-state index is 12.0. The van der Waals surface area contributed by atoms with E-state index in [1.807, 2.05) is 13.1 Å². The number of aromatic amines is 1. The van der Waals surface area contributed by atoms with Crippen LogP contribution in [0.4, 0.5) is 0 Å². The van der Waals surface area contributed by atoms with Crippen molar-refractivity contribution >= 4 is 17.2 Å². The van der Waals surface area contributed by atoms with E-state index in [1.165, 1.54) is 17.1 Å². The fraction of sp³-hybridized carbons (Fsp3) is 0.308. The van der Waals surface area contributed by atoms with Crippen molar-refractivity contribution in [3.63, 3.8) is 0 Å². The van der Waals surface area contributed by atoms with Crippen LogP contribution in [0.5, 0.6) is 0 Å². The fourth-order valence-corrected chi connectivity index (χ4v) is 2.47. The summed E-state index contributed by atoms with van der Waals surface area (Å²) in [6.07, 6.45) is 4.22. The van der Waals surface area contributed by atoms with Gasteiger partial charge in [-0.05, 0) is 19.4 Å². The van der Waals surface area contributed by atoms with Crippen molar-refractivity contribution in [1.82, 2.24) is 15.3 Å². The number of rotatable bonds is 4. The molecule has 2 aromatic heterocycles. The summed E-state index contributed by atoms with van der Waals surface area (Å²) in [6.45, 7) is 3.94. The number of hydrogen-bond acceptors (Lipinski definition) is 4. The summed E-state index contributed by atoms with van der Waals surface area (Å²) in [7, 11) is 0. The van der Waals surface area contributed by atoms with Crippen LogP contribution in [-0.4, -0.2) is 15.9 Å². The molecular weight excluding hydrogens is 262 g/mol. The average Bonchev–Trinajstić information content (AvgIpc) is 2.87. The minimum Gasteiger partial charge on any atom is -0.343 e. The maximum Gasteiger partial charge on any atom is 0.252 e. The number of carbonyl (C=O) groups is 1. The SMILES string of the molecule is CCc1cnc(C(C)NC(=O)c2cc[nH]c(=O)c2)s1. The van der Waals surface area contributed by atoms with Crippen LogP contribution < -0.4 is 10.9 Å². The molecule has 0 radical (unpaired) electrons. The summed E-state index contributed by atoms with van der Waals surface area (Å²) in [5.41, 5.74) is 0.0608. The normalized spacial score (nSPS) is 12.1. The largest absolute Gasteiger partial charge is 0.343 e. The van der Waals surface area contributed by atoms with E-state index in [-0.39, 0.29) is 17.5 Å². The Labute approximate surface area is 114 Å². The number of hydrogen-bond donors (Lipinski definition) is 2. The zero-order valence-electron chi connectivity index (χ0n) is 10.8. The number of nitrogens with zero attached hydrogens (tertiary/aromatic N) is 1. The van der Waals surface area contributed by atoms with E-state index in [9.17, 15) is 9.59 Å². The van der Waals surface area contributed by atoms with Crippen LogP contribution in [0, 0.1) is 0 Å². The van der Waals surface area contributed by atoms with Gasteiger partial charge in [0, 0.05) is 28.9 Å². The number of thiazole rings is 1. The van der Waals surface area contributed by atoms with Gasteiger partial charge in [0.25, 0.3) is 5.91 Å². The Kier molecular flexibility index (Phi) is 4.11. The third-order valence-electron chi connectivity index (χ3n) is 2.68. The lowest BCUT2D eigenvalue weighted by atomic mass is 10.2. The molecule has 2 aromatic rings. The molecule has 6 heteroatoms. The average molecular weight is 277 g/mol. The molecule has 1 amide bonds. The van der Waals surface area contributed by atoms with Crippen LogP contribution in [0.2, 0.25) is 0 Å². The van der Waals surface area contributed by atoms with E-state index in [0.717, 1.165) is 11.4 Å². The molecule has 0 saturated carbocycles. The molecule has 19 heavy (non-hydrogen) atoms. The van der Waals surface area contributed by atoms with Crippen LogP contribution in [0.25, 0.3) is 0 Å². The monoisotopic (exact) mass is 277 g/mol. The van der Waals surface area contributed by atoms with Gasteiger partial charge >= 0.3 is 0 Å². The van der Waals surface area contributed by atoms with E-state index >= 15 is 0 Å². The van der Waals surface area contributed by atoms with E-state index < -0.39 is 0 Å². The molecule has 2 rings (SSSR count). The van der Waals surface area contributed by atoms with Gasteiger partial charge in [0.05, 0.1) is 6.04 Å². The molecule has 0 aliphatic heterocycles. The maximum atomic E-state index is 12.0. The number of carbonyl (C=O) groups excluding carboxylic acids is 1. The molecule has 0 spiro atoms. The third-order valence-corrected chi connectivity index (χ3v) is 4.00. The van der Waals surface area contributed by atoms with Gasteiger partial charge in [-0.15, -0.1) is 11.3 Å². The summed E-state index contributed by atoms with van der Waals surface area (Å²) in [6, 6.07) is 2.68. The van der Waals surface area contributed by atoms with E-state index in [0.29, 0.717) is 5.56 Å². The van der Waals surface area contributed by atoms with Gasteiger partial charge in [-0.25, -0.2) is 4.98 Å². The standard InChI is InChI=1S/C13H15N3O2S/c1-3-10-7-15-13(19-10)8(2)16-12(18)9-4-5-14-11(17)6-9/h4-8H,3H2,1-2H3,(H,14,17)(H,16,18). The number of amides is 1. The van der Waals surface area contributed by atoms with Crippen molar-refractivity contribution in [3.8, 4) is 0 Å². The highest BCUT2D eigenvalue weighted by atomic mass is 32.1. The zero-order chi connectivity index (χ0) is 13.8. The molecule has 5 nitrogen and oxygen atoms in total. The van der Waals surface area contributed by atoms with Crippen LogP contribution in [-0.2, 0) is 6.42 Å². The third kappa shape index (κ3) is 3.29. The molecule has 0 saturated heterocycles.